The molecule has 0 radical (unpaired) electrons. The van der Waals surface area contributed by atoms with Crippen LogP contribution in [0.3, 0.4) is 0 Å². The smallest absolute Gasteiger partial charge is 0.259 e. The molecule has 5 nitrogen and oxygen atoms in total. The van der Waals surface area contributed by atoms with E-state index in [-0.39, 0.29) is 11.8 Å². The molecular weight excluding hydrogens is 422 g/mol. The van der Waals surface area contributed by atoms with E-state index in [0.29, 0.717) is 30.1 Å². The van der Waals surface area contributed by atoms with E-state index in [1.165, 1.54) is 0 Å². The van der Waals surface area contributed by atoms with Crippen LogP contribution >= 0.6 is 11.6 Å². The highest BCUT2D eigenvalue weighted by Gasteiger charge is 2.41. The normalized spacial score (nSPS) is 17.9. The number of hydrogen-bond acceptors (Lipinski definition) is 3. The van der Waals surface area contributed by atoms with Crippen LogP contribution in [0, 0.1) is 0 Å². The quantitative estimate of drug-likeness (QED) is 0.605. The zero-order valence-electron chi connectivity index (χ0n) is 17.7. The Bertz CT molecular complexity index is 1130. The van der Waals surface area contributed by atoms with Gasteiger partial charge in [0.05, 0.1) is 0 Å². The van der Waals surface area contributed by atoms with Crippen molar-refractivity contribution in [3.05, 3.63) is 95.0 Å². The summed E-state index contributed by atoms with van der Waals surface area (Å²) in [6, 6.07) is 24.3. The molecule has 3 aromatic carbocycles. The number of piperazine rings is 1. The van der Waals surface area contributed by atoms with Crippen LogP contribution in [0.5, 0.6) is 0 Å². The molecule has 0 N–H and O–H groups in total. The summed E-state index contributed by atoms with van der Waals surface area (Å²) >= 11 is 6.01. The number of fused-ring (bicyclic) bond motifs is 1. The molecule has 162 valence electrons. The standard InChI is InChI=1S/C26H24ClN3O2/c27-21-10-12-22(13-11-21)28-14-16-29(17-15-28)26(32)24-18-20-8-4-5-9-23(20)30(24)25(31)19-6-2-1-3-7-19/h1-13,24H,14-18H2. The number of carbonyl (C=O) groups excluding carboxylic acids is 2. The Kier molecular flexibility index (Phi) is 5.58. The van der Waals surface area contributed by atoms with E-state index < -0.39 is 6.04 Å². The van der Waals surface area contributed by atoms with E-state index in [2.05, 4.69) is 4.90 Å². The Hall–Kier alpha value is -3.31. The van der Waals surface area contributed by atoms with Crippen LogP contribution < -0.4 is 9.80 Å². The molecule has 6 heteroatoms. The van der Waals surface area contributed by atoms with Crippen LogP contribution in [0.4, 0.5) is 11.4 Å². The topological polar surface area (TPSA) is 43.9 Å². The van der Waals surface area contributed by atoms with Gasteiger partial charge in [0.25, 0.3) is 5.91 Å². The van der Waals surface area contributed by atoms with E-state index in [9.17, 15) is 9.59 Å². The summed E-state index contributed by atoms with van der Waals surface area (Å²) in [5.41, 5.74) is 3.57. The number of hydrogen-bond donors (Lipinski definition) is 0. The van der Waals surface area contributed by atoms with Gasteiger partial charge in [-0.05, 0) is 48.0 Å². The molecule has 0 saturated carbocycles. The second-order valence-corrected chi connectivity index (χ2v) is 8.62. The second kappa shape index (κ2) is 8.67. The van der Waals surface area contributed by atoms with Crippen molar-refractivity contribution in [2.24, 2.45) is 0 Å². The number of halogens is 1. The van der Waals surface area contributed by atoms with Crippen LogP contribution in [0.25, 0.3) is 0 Å². The molecule has 32 heavy (non-hydrogen) atoms. The lowest BCUT2D eigenvalue weighted by molar-refractivity contribution is -0.132. The average Bonchev–Trinajstić information content (AvgIpc) is 3.24. The van der Waals surface area contributed by atoms with Crippen molar-refractivity contribution >= 4 is 34.8 Å². The van der Waals surface area contributed by atoms with E-state index >= 15 is 0 Å². The predicted molar refractivity (Wildman–Crippen MR) is 127 cm³/mol. The van der Waals surface area contributed by atoms with Gasteiger partial charge in [-0.1, -0.05) is 48.0 Å². The third-order valence-corrected chi connectivity index (χ3v) is 6.54. The molecule has 2 aliphatic rings. The minimum atomic E-state index is -0.512. The largest absolute Gasteiger partial charge is 0.368 e. The van der Waals surface area contributed by atoms with E-state index in [0.717, 1.165) is 30.0 Å². The summed E-state index contributed by atoms with van der Waals surface area (Å²) in [5.74, 6) is -0.116. The van der Waals surface area contributed by atoms with Crippen molar-refractivity contribution in [3.63, 3.8) is 0 Å². The van der Waals surface area contributed by atoms with Gasteiger partial charge in [0.15, 0.2) is 0 Å². The molecule has 0 spiro atoms. The van der Waals surface area contributed by atoms with Crippen LogP contribution in [0.2, 0.25) is 5.02 Å². The number of benzene rings is 3. The first-order chi connectivity index (χ1) is 15.6. The molecule has 0 aliphatic carbocycles. The van der Waals surface area contributed by atoms with Crippen LogP contribution in [-0.4, -0.2) is 48.9 Å². The maximum atomic E-state index is 13.6. The van der Waals surface area contributed by atoms with E-state index in [1.807, 2.05) is 71.6 Å². The molecule has 1 fully saturated rings. The van der Waals surface area contributed by atoms with Gasteiger partial charge < -0.3 is 9.80 Å². The number of carbonyl (C=O) groups is 2. The fraction of sp³-hybridized carbons (Fsp3) is 0.231. The lowest BCUT2D eigenvalue weighted by atomic mass is 10.1. The van der Waals surface area contributed by atoms with Crippen molar-refractivity contribution in [3.8, 4) is 0 Å². The van der Waals surface area contributed by atoms with Gasteiger partial charge in [-0.25, -0.2) is 0 Å². The maximum absolute atomic E-state index is 13.6. The summed E-state index contributed by atoms with van der Waals surface area (Å²) in [4.78, 5) is 32.9. The highest BCUT2D eigenvalue weighted by molar-refractivity contribution is 6.30. The average molecular weight is 446 g/mol. The number of amides is 2. The zero-order valence-corrected chi connectivity index (χ0v) is 18.4. The monoisotopic (exact) mass is 445 g/mol. The van der Waals surface area contributed by atoms with Gasteiger partial charge in [0.2, 0.25) is 5.91 Å². The zero-order chi connectivity index (χ0) is 22.1. The molecule has 3 aromatic rings. The molecule has 1 atom stereocenters. The lowest BCUT2D eigenvalue weighted by Crippen LogP contribution is -2.55. The highest BCUT2D eigenvalue weighted by atomic mass is 35.5. The Morgan fingerprint density at radius 3 is 2.16 bits per heavy atom. The van der Waals surface area contributed by atoms with Gasteiger partial charge in [-0.15, -0.1) is 0 Å². The SMILES string of the molecule is O=C(C1Cc2ccccc2N1C(=O)c1ccccc1)N1CCN(c2ccc(Cl)cc2)CC1. The Morgan fingerprint density at radius 1 is 0.781 bits per heavy atom. The third kappa shape index (κ3) is 3.84. The van der Waals surface area contributed by atoms with Crippen LogP contribution in [0.15, 0.2) is 78.9 Å². The molecule has 0 aromatic heterocycles. The van der Waals surface area contributed by atoms with Crippen molar-refractivity contribution in [2.45, 2.75) is 12.5 Å². The van der Waals surface area contributed by atoms with Crippen LogP contribution in [-0.2, 0) is 11.2 Å². The molecule has 0 bridgehead atoms. The molecule has 2 amide bonds. The van der Waals surface area contributed by atoms with Gasteiger partial charge >= 0.3 is 0 Å². The molecule has 2 heterocycles. The number of anilines is 2. The van der Waals surface area contributed by atoms with E-state index in [4.69, 9.17) is 11.6 Å². The van der Waals surface area contributed by atoms with Gasteiger partial charge in [-0.2, -0.15) is 0 Å². The maximum Gasteiger partial charge on any atom is 0.259 e. The Labute approximate surface area is 192 Å². The molecule has 5 rings (SSSR count). The van der Waals surface area contributed by atoms with Crippen molar-refractivity contribution in [2.75, 3.05) is 36.0 Å². The third-order valence-electron chi connectivity index (χ3n) is 6.28. The summed E-state index contributed by atoms with van der Waals surface area (Å²) < 4.78 is 0. The fourth-order valence-electron chi connectivity index (χ4n) is 4.60. The minimum absolute atomic E-state index is 0.0150. The van der Waals surface area contributed by atoms with Crippen molar-refractivity contribution in [1.29, 1.82) is 0 Å². The molecular formula is C26H24ClN3O2. The molecule has 1 saturated heterocycles. The Balaban J connectivity index is 1.34. The summed E-state index contributed by atoms with van der Waals surface area (Å²) in [6.07, 6.45) is 0.547. The number of para-hydroxylation sites is 1. The first kappa shape index (κ1) is 20.6. The predicted octanol–water partition coefficient (Wildman–Crippen LogP) is 4.26. The summed E-state index contributed by atoms with van der Waals surface area (Å²) in [7, 11) is 0. The van der Waals surface area contributed by atoms with Crippen molar-refractivity contribution in [1.82, 2.24) is 4.90 Å². The number of rotatable bonds is 3. The molecule has 2 aliphatic heterocycles. The molecule has 1 unspecified atom stereocenters. The van der Waals surface area contributed by atoms with Gasteiger partial charge in [-0.3, -0.25) is 14.5 Å². The first-order valence-electron chi connectivity index (χ1n) is 10.9. The number of nitrogens with zero attached hydrogens (tertiary/aromatic N) is 3. The summed E-state index contributed by atoms with van der Waals surface area (Å²) in [5, 5.41) is 0.714. The van der Waals surface area contributed by atoms with E-state index in [1.54, 1.807) is 17.0 Å². The van der Waals surface area contributed by atoms with Crippen LogP contribution in [0.1, 0.15) is 15.9 Å². The minimum Gasteiger partial charge on any atom is -0.368 e. The van der Waals surface area contributed by atoms with Crippen molar-refractivity contribution < 1.29 is 9.59 Å². The van der Waals surface area contributed by atoms with Gasteiger partial charge in [0.1, 0.15) is 6.04 Å². The first-order valence-corrected chi connectivity index (χ1v) is 11.3. The fourth-order valence-corrected chi connectivity index (χ4v) is 4.73. The summed E-state index contributed by atoms with van der Waals surface area (Å²) in [6.45, 7) is 2.75. The lowest BCUT2D eigenvalue weighted by Gasteiger charge is -2.38. The Morgan fingerprint density at radius 2 is 1.44 bits per heavy atom. The second-order valence-electron chi connectivity index (χ2n) is 8.18. The highest BCUT2D eigenvalue weighted by Crippen LogP contribution is 2.34. The van der Waals surface area contributed by atoms with Gasteiger partial charge in [0, 0.05) is 54.6 Å².